The zero-order chi connectivity index (χ0) is 13.5. The standard InChI is InChI=1S/C14H22Br2N2/c1-11(2)9-17-4-5-18(3)10-12-6-13(15)8-14(16)7-12/h6-8,11,17H,4-5,9-10H2,1-3H3. The van der Waals surface area contributed by atoms with Crippen LogP contribution >= 0.6 is 31.9 Å². The summed E-state index contributed by atoms with van der Waals surface area (Å²) < 4.78 is 2.25. The van der Waals surface area contributed by atoms with Crippen LogP contribution in [0.5, 0.6) is 0 Å². The third-order valence-corrected chi connectivity index (χ3v) is 3.51. The summed E-state index contributed by atoms with van der Waals surface area (Å²) in [7, 11) is 2.16. The molecule has 0 unspecified atom stereocenters. The second kappa shape index (κ2) is 8.31. The van der Waals surface area contributed by atoms with Crippen LogP contribution in [0.4, 0.5) is 0 Å². The van der Waals surface area contributed by atoms with Crippen LogP contribution in [-0.4, -0.2) is 31.6 Å². The molecule has 0 heterocycles. The van der Waals surface area contributed by atoms with Gasteiger partial charge >= 0.3 is 0 Å². The van der Waals surface area contributed by atoms with Crippen LogP contribution in [0, 0.1) is 5.92 Å². The normalized spacial score (nSPS) is 11.5. The molecule has 1 N–H and O–H groups in total. The number of hydrogen-bond donors (Lipinski definition) is 1. The summed E-state index contributed by atoms with van der Waals surface area (Å²) in [6.45, 7) is 8.64. The molecular formula is C14H22Br2N2. The minimum absolute atomic E-state index is 0.719. The van der Waals surface area contributed by atoms with Crippen LogP contribution in [0.2, 0.25) is 0 Å². The molecule has 102 valence electrons. The lowest BCUT2D eigenvalue weighted by molar-refractivity contribution is 0.321. The van der Waals surface area contributed by atoms with E-state index in [9.17, 15) is 0 Å². The summed E-state index contributed by atoms with van der Waals surface area (Å²) in [6.07, 6.45) is 0. The SMILES string of the molecule is CC(C)CNCCN(C)Cc1cc(Br)cc(Br)c1. The molecule has 18 heavy (non-hydrogen) atoms. The average Bonchev–Trinajstić information content (AvgIpc) is 2.22. The van der Waals surface area contributed by atoms with Gasteiger partial charge in [-0.2, -0.15) is 0 Å². The van der Waals surface area contributed by atoms with Gasteiger partial charge in [-0.15, -0.1) is 0 Å². The Bertz CT molecular complexity index is 347. The maximum atomic E-state index is 3.52. The zero-order valence-electron chi connectivity index (χ0n) is 11.3. The second-order valence-electron chi connectivity index (χ2n) is 5.11. The number of benzene rings is 1. The minimum atomic E-state index is 0.719. The van der Waals surface area contributed by atoms with Gasteiger partial charge in [0, 0.05) is 28.6 Å². The molecule has 0 saturated carbocycles. The van der Waals surface area contributed by atoms with Crippen LogP contribution in [0.25, 0.3) is 0 Å². The minimum Gasteiger partial charge on any atom is -0.315 e. The van der Waals surface area contributed by atoms with Crippen molar-refractivity contribution >= 4 is 31.9 Å². The summed E-state index contributed by atoms with van der Waals surface area (Å²) in [5.41, 5.74) is 1.32. The number of nitrogens with one attached hydrogen (secondary N) is 1. The van der Waals surface area contributed by atoms with Crippen molar-refractivity contribution in [2.45, 2.75) is 20.4 Å². The van der Waals surface area contributed by atoms with E-state index in [4.69, 9.17) is 0 Å². The Morgan fingerprint density at radius 2 is 1.78 bits per heavy atom. The summed E-state index contributed by atoms with van der Waals surface area (Å²) in [6, 6.07) is 6.40. The van der Waals surface area contributed by atoms with Gasteiger partial charge < -0.3 is 10.2 Å². The van der Waals surface area contributed by atoms with Crippen LogP contribution in [-0.2, 0) is 6.54 Å². The van der Waals surface area contributed by atoms with Crippen LogP contribution < -0.4 is 5.32 Å². The maximum absolute atomic E-state index is 3.52. The van der Waals surface area contributed by atoms with Crippen molar-refractivity contribution in [2.75, 3.05) is 26.7 Å². The van der Waals surface area contributed by atoms with Crippen LogP contribution in [0.1, 0.15) is 19.4 Å². The third-order valence-electron chi connectivity index (χ3n) is 2.60. The highest BCUT2D eigenvalue weighted by Gasteiger charge is 2.02. The molecule has 0 aromatic heterocycles. The highest BCUT2D eigenvalue weighted by atomic mass is 79.9. The molecule has 0 fully saturated rings. The fourth-order valence-electron chi connectivity index (χ4n) is 1.75. The van der Waals surface area contributed by atoms with Gasteiger partial charge in [0.05, 0.1) is 0 Å². The molecular weight excluding hydrogens is 356 g/mol. The first kappa shape index (κ1) is 16.2. The molecule has 0 atom stereocenters. The quantitative estimate of drug-likeness (QED) is 0.725. The van der Waals surface area contributed by atoms with E-state index < -0.39 is 0 Å². The Hall–Kier alpha value is 0.1000. The van der Waals surface area contributed by atoms with Gasteiger partial charge in [0.1, 0.15) is 0 Å². The van der Waals surface area contributed by atoms with Gasteiger partial charge in [-0.25, -0.2) is 0 Å². The third kappa shape index (κ3) is 6.88. The molecule has 0 saturated heterocycles. The first-order valence-electron chi connectivity index (χ1n) is 6.31. The van der Waals surface area contributed by atoms with E-state index in [0.717, 1.165) is 41.0 Å². The molecule has 0 bridgehead atoms. The first-order valence-corrected chi connectivity index (χ1v) is 7.90. The largest absolute Gasteiger partial charge is 0.315 e. The number of halogens is 2. The van der Waals surface area contributed by atoms with E-state index in [2.05, 4.69) is 81.2 Å². The molecule has 0 aliphatic rings. The molecule has 1 aromatic rings. The molecule has 2 nitrogen and oxygen atoms in total. The maximum Gasteiger partial charge on any atom is 0.0232 e. The molecule has 4 heteroatoms. The van der Waals surface area contributed by atoms with E-state index in [0.29, 0.717) is 0 Å². The lowest BCUT2D eigenvalue weighted by atomic mass is 10.2. The van der Waals surface area contributed by atoms with Crippen molar-refractivity contribution < 1.29 is 0 Å². The molecule has 1 aromatic carbocycles. The number of hydrogen-bond acceptors (Lipinski definition) is 2. The van der Waals surface area contributed by atoms with Gasteiger partial charge in [-0.3, -0.25) is 0 Å². The molecule has 0 aliphatic carbocycles. The summed E-state index contributed by atoms with van der Waals surface area (Å²) in [5, 5.41) is 3.46. The van der Waals surface area contributed by atoms with Gasteiger partial charge in [0.2, 0.25) is 0 Å². The lowest BCUT2D eigenvalue weighted by Gasteiger charge is -2.18. The van der Waals surface area contributed by atoms with Crippen molar-refractivity contribution in [3.05, 3.63) is 32.7 Å². The topological polar surface area (TPSA) is 15.3 Å². The zero-order valence-corrected chi connectivity index (χ0v) is 14.5. The Balaban J connectivity index is 2.33. The van der Waals surface area contributed by atoms with Crippen molar-refractivity contribution in [3.63, 3.8) is 0 Å². The van der Waals surface area contributed by atoms with Crippen LogP contribution in [0.3, 0.4) is 0 Å². The fourth-order valence-corrected chi connectivity index (χ4v) is 3.14. The predicted molar refractivity (Wildman–Crippen MR) is 85.9 cm³/mol. The smallest absolute Gasteiger partial charge is 0.0232 e. The van der Waals surface area contributed by atoms with Crippen molar-refractivity contribution in [1.82, 2.24) is 10.2 Å². The Labute approximate surface area is 127 Å². The van der Waals surface area contributed by atoms with E-state index in [1.54, 1.807) is 0 Å². The average molecular weight is 378 g/mol. The highest BCUT2D eigenvalue weighted by Crippen LogP contribution is 2.20. The number of nitrogens with zero attached hydrogens (tertiary/aromatic N) is 1. The van der Waals surface area contributed by atoms with E-state index in [1.165, 1.54) is 5.56 Å². The summed E-state index contributed by atoms with van der Waals surface area (Å²) in [4.78, 5) is 2.33. The predicted octanol–water partition coefficient (Wildman–Crippen LogP) is 3.89. The Kier molecular flexibility index (Phi) is 7.46. The number of likely N-dealkylation sites (N-methyl/N-ethyl adjacent to an activating group) is 1. The van der Waals surface area contributed by atoms with Gasteiger partial charge in [0.15, 0.2) is 0 Å². The van der Waals surface area contributed by atoms with Gasteiger partial charge in [-0.05, 0) is 43.3 Å². The van der Waals surface area contributed by atoms with Gasteiger partial charge in [-0.1, -0.05) is 45.7 Å². The fraction of sp³-hybridized carbons (Fsp3) is 0.571. The number of rotatable bonds is 7. The highest BCUT2D eigenvalue weighted by molar-refractivity contribution is 9.11. The van der Waals surface area contributed by atoms with Gasteiger partial charge in [0.25, 0.3) is 0 Å². The van der Waals surface area contributed by atoms with Crippen molar-refractivity contribution in [2.24, 2.45) is 5.92 Å². The molecule has 1 rings (SSSR count). The second-order valence-corrected chi connectivity index (χ2v) is 6.94. The summed E-state index contributed by atoms with van der Waals surface area (Å²) >= 11 is 7.04. The first-order chi connectivity index (χ1) is 8.47. The van der Waals surface area contributed by atoms with E-state index >= 15 is 0 Å². The van der Waals surface area contributed by atoms with Crippen LogP contribution in [0.15, 0.2) is 27.1 Å². The molecule has 0 radical (unpaired) electrons. The van der Waals surface area contributed by atoms with E-state index in [-0.39, 0.29) is 0 Å². The monoisotopic (exact) mass is 376 g/mol. The summed E-state index contributed by atoms with van der Waals surface area (Å²) in [5.74, 6) is 0.719. The Morgan fingerprint density at radius 3 is 2.33 bits per heavy atom. The van der Waals surface area contributed by atoms with Crippen molar-refractivity contribution in [3.8, 4) is 0 Å². The molecule has 0 spiro atoms. The lowest BCUT2D eigenvalue weighted by Crippen LogP contribution is -2.30. The van der Waals surface area contributed by atoms with E-state index in [1.807, 2.05) is 0 Å². The molecule has 0 aliphatic heterocycles. The Morgan fingerprint density at radius 1 is 1.17 bits per heavy atom. The van der Waals surface area contributed by atoms with Crippen molar-refractivity contribution in [1.29, 1.82) is 0 Å². The molecule has 0 amide bonds.